The number of nitrogens with one attached hydrogen (secondary N) is 2. The van der Waals surface area contributed by atoms with E-state index in [1.165, 1.54) is 30.2 Å². The molecular weight excluding hydrogens is 325 g/mol. The normalized spacial score (nSPS) is 10.0. The Morgan fingerprint density at radius 3 is 2.56 bits per heavy atom. The summed E-state index contributed by atoms with van der Waals surface area (Å²) < 4.78 is 18.7. The third-order valence-corrected chi connectivity index (χ3v) is 3.47. The predicted octanol–water partition coefficient (Wildman–Crippen LogP) is 3.33. The standard InChI is InChI=1S/C18H20FN3O3/c1-3-22(18(24)21-16-10-5-4-9-15(16)19)12-17(23)20-13-7-6-8-14(11-13)25-2/h4-11H,3,12H2,1-2H3,(H,20,23)(H,21,24). The van der Waals surface area contributed by atoms with E-state index in [2.05, 4.69) is 10.6 Å². The van der Waals surface area contributed by atoms with E-state index in [0.29, 0.717) is 18.0 Å². The van der Waals surface area contributed by atoms with Crippen molar-refractivity contribution in [1.29, 1.82) is 0 Å². The zero-order valence-corrected chi connectivity index (χ0v) is 14.1. The van der Waals surface area contributed by atoms with E-state index >= 15 is 0 Å². The topological polar surface area (TPSA) is 70.7 Å². The van der Waals surface area contributed by atoms with Gasteiger partial charge in [0.25, 0.3) is 0 Å². The summed E-state index contributed by atoms with van der Waals surface area (Å²) in [5.41, 5.74) is 0.633. The van der Waals surface area contributed by atoms with Gasteiger partial charge in [0.1, 0.15) is 18.1 Å². The Morgan fingerprint density at radius 1 is 1.12 bits per heavy atom. The van der Waals surface area contributed by atoms with E-state index in [-0.39, 0.29) is 18.1 Å². The van der Waals surface area contributed by atoms with Crippen LogP contribution in [0.3, 0.4) is 0 Å². The molecule has 0 atom stereocenters. The Hall–Kier alpha value is -3.09. The molecule has 0 spiro atoms. The zero-order chi connectivity index (χ0) is 18.2. The second-order valence-electron chi connectivity index (χ2n) is 5.20. The Balaban J connectivity index is 1.97. The Morgan fingerprint density at radius 2 is 1.88 bits per heavy atom. The molecule has 2 aromatic rings. The van der Waals surface area contributed by atoms with Crippen LogP contribution in [0.25, 0.3) is 0 Å². The minimum absolute atomic E-state index is 0.0687. The fourth-order valence-corrected chi connectivity index (χ4v) is 2.16. The van der Waals surface area contributed by atoms with Gasteiger partial charge in [-0.2, -0.15) is 0 Å². The maximum Gasteiger partial charge on any atom is 0.322 e. The first-order valence-corrected chi connectivity index (χ1v) is 7.78. The van der Waals surface area contributed by atoms with Gasteiger partial charge in [-0.15, -0.1) is 0 Å². The summed E-state index contributed by atoms with van der Waals surface area (Å²) in [6.45, 7) is 1.87. The summed E-state index contributed by atoms with van der Waals surface area (Å²) in [6, 6.07) is 12.2. The first kappa shape index (κ1) is 18.3. The second-order valence-corrected chi connectivity index (χ2v) is 5.20. The lowest BCUT2D eigenvalue weighted by Crippen LogP contribution is -2.40. The van der Waals surface area contributed by atoms with Crippen molar-refractivity contribution in [2.24, 2.45) is 0 Å². The molecule has 0 radical (unpaired) electrons. The van der Waals surface area contributed by atoms with Crippen molar-refractivity contribution in [2.75, 3.05) is 30.8 Å². The van der Waals surface area contributed by atoms with Gasteiger partial charge in [0.05, 0.1) is 12.8 Å². The van der Waals surface area contributed by atoms with Crippen LogP contribution in [0.5, 0.6) is 5.75 Å². The molecule has 0 saturated heterocycles. The number of para-hydroxylation sites is 1. The van der Waals surface area contributed by atoms with Gasteiger partial charge >= 0.3 is 6.03 Å². The van der Waals surface area contributed by atoms with Crippen LogP contribution >= 0.6 is 0 Å². The number of hydrogen-bond donors (Lipinski definition) is 2. The first-order valence-electron chi connectivity index (χ1n) is 7.78. The maximum absolute atomic E-state index is 13.6. The summed E-state index contributed by atoms with van der Waals surface area (Å²) in [6.07, 6.45) is 0. The van der Waals surface area contributed by atoms with Crippen LogP contribution in [0, 0.1) is 5.82 Å². The highest BCUT2D eigenvalue weighted by Crippen LogP contribution is 2.17. The Labute approximate surface area is 145 Å². The van der Waals surface area contributed by atoms with Gasteiger partial charge in [0.15, 0.2) is 0 Å². The van der Waals surface area contributed by atoms with Crippen LogP contribution in [0.15, 0.2) is 48.5 Å². The van der Waals surface area contributed by atoms with Crippen LogP contribution in [0.1, 0.15) is 6.92 Å². The van der Waals surface area contributed by atoms with Gasteiger partial charge < -0.3 is 20.3 Å². The Bertz CT molecular complexity index is 752. The average molecular weight is 345 g/mol. The molecule has 2 aromatic carbocycles. The van der Waals surface area contributed by atoms with Gasteiger partial charge in [-0.1, -0.05) is 18.2 Å². The molecule has 6 nitrogen and oxygen atoms in total. The molecule has 3 amide bonds. The van der Waals surface area contributed by atoms with Crippen LogP contribution in [0.2, 0.25) is 0 Å². The molecule has 0 bridgehead atoms. The fourth-order valence-electron chi connectivity index (χ4n) is 2.16. The SMILES string of the molecule is CCN(CC(=O)Nc1cccc(OC)c1)C(=O)Nc1ccccc1F. The molecule has 0 saturated carbocycles. The number of nitrogens with zero attached hydrogens (tertiary/aromatic N) is 1. The van der Waals surface area contributed by atoms with Crippen LogP contribution < -0.4 is 15.4 Å². The number of likely N-dealkylation sites (N-methyl/N-ethyl adjacent to an activating group) is 1. The second kappa shape index (κ2) is 8.68. The monoisotopic (exact) mass is 345 g/mol. The summed E-state index contributed by atoms with van der Waals surface area (Å²) >= 11 is 0. The minimum atomic E-state index is -0.548. The maximum atomic E-state index is 13.6. The molecule has 0 heterocycles. The van der Waals surface area contributed by atoms with E-state index in [0.717, 1.165) is 0 Å². The van der Waals surface area contributed by atoms with Gasteiger partial charge in [0, 0.05) is 18.3 Å². The van der Waals surface area contributed by atoms with Crippen molar-refractivity contribution < 1.29 is 18.7 Å². The highest BCUT2D eigenvalue weighted by atomic mass is 19.1. The van der Waals surface area contributed by atoms with E-state index in [1.807, 2.05) is 0 Å². The molecule has 0 aliphatic carbocycles. The number of urea groups is 1. The van der Waals surface area contributed by atoms with E-state index in [1.54, 1.807) is 37.3 Å². The zero-order valence-electron chi connectivity index (χ0n) is 14.1. The van der Waals surface area contributed by atoms with E-state index in [4.69, 9.17) is 4.74 Å². The molecule has 0 aromatic heterocycles. The number of amides is 3. The molecule has 132 valence electrons. The van der Waals surface area contributed by atoms with Crippen LogP contribution in [-0.4, -0.2) is 37.0 Å². The van der Waals surface area contributed by atoms with Crippen molar-refractivity contribution >= 4 is 23.3 Å². The van der Waals surface area contributed by atoms with Gasteiger partial charge in [-0.25, -0.2) is 9.18 Å². The number of rotatable bonds is 6. The molecule has 0 unspecified atom stereocenters. The highest BCUT2D eigenvalue weighted by molar-refractivity contribution is 5.97. The molecule has 7 heteroatoms. The van der Waals surface area contributed by atoms with Crippen molar-refractivity contribution in [2.45, 2.75) is 6.92 Å². The smallest absolute Gasteiger partial charge is 0.322 e. The molecule has 2 rings (SSSR count). The highest BCUT2D eigenvalue weighted by Gasteiger charge is 2.17. The number of anilines is 2. The number of carbonyl (C=O) groups is 2. The van der Waals surface area contributed by atoms with Crippen molar-refractivity contribution in [1.82, 2.24) is 4.90 Å². The third kappa shape index (κ3) is 5.20. The minimum Gasteiger partial charge on any atom is -0.497 e. The van der Waals surface area contributed by atoms with Crippen molar-refractivity contribution in [3.8, 4) is 5.75 Å². The van der Waals surface area contributed by atoms with Gasteiger partial charge in [-0.05, 0) is 31.2 Å². The summed E-state index contributed by atoms with van der Waals surface area (Å²) in [7, 11) is 1.53. The number of benzene rings is 2. The molecule has 25 heavy (non-hydrogen) atoms. The quantitative estimate of drug-likeness (QED) is 0.844. The largest absolute Gasteiger partial charge is 0.497 e. The lowest BCUT2D eigenvalue weighted by Gasteiger charge is -2.21. The fraction of sp³-hybridized carbons (Fsp3) is 0.222. The van der Waals surface area contributed by atoms with Crippen molar-refractivity contribution in [3.63, 3.8) is 0 Å². The summed E-state index contributed by atoms with van der Waals surface area (Å²) in [4.78, 5) is 25.7. The third-order valence-electron chi connectivity index (χ3n) is 3.47. The van der Waals surface area contributed by atoms with Crippen LogP contribution in [0.4, 0.5) is 20.6 Å². The number of methoxy groups -OCH3 is 1. The molecular formula is C18H20FN3O3. The summed E-state index contributed by atoms with van der Waals surface area (Å²) in [5, 5.41) is 5.16. The number of hydrogen-bond acceptors (Lipinski definition) is 3. The number of ether oxygens (including phenoxy) is 1. The van der Waals surface area contributed by atoms with E-state index < -0.39 is 11.8 Å². The average Bonchev–Trinajstić information content (AvgIpc) is 2.61. The Kier molecular flexibility index (Phi) is 6.33. The molecule has 0 aliphatic heterocycles. The molecule has 0 aliphatic rings. The lowest BCUT2D eigenvalue weighted by atomic mass is 10.3. The summed E-state index contributed by atoms with van der Waals surface area (Å²) in [5.74, 6) is -0.283. The molecule has 0 fully saturated rings. The lowest BCUT2D eigenvalue weighted by molar-refractivity contribution is -0.116. The first-order chi connectivity index (χ1) is 12.0. The predicted molar refractivity (Wildman–Crippen MR) is 94.3 cm³/mol. The number of halogens is 1. The molecule has 2 N–H and O–H groups in total. The van der Waals surface area contributed by atoms with Crippen molar-refractivity contribution in [3.05, 3.63) is 54.3 Å². The van der Waals surface area contributed by atoms with Gasteiger partial charge in [0.2, 0.25) is 5.91 Å². The van der Waals surface area contributed by atoms with E-state index in [9.17, 15) is 14.0 Å². The van der Waals surface area contributed by atoms with Gasteiger partial charge in [-0.3, -0.25) is 4.79 Å². The number of carbonyl (C=O) groups excluding carboxylic acids is 2. The van der Waals surface area contributed by atoms with Crippen LogP contribution in [-0.2, 0) is 4.79 Å².